The first kappa shape index (κ1) is 23.6. The first-order chi connectivity index (χ1) is 15.2. The summed E-state index contributed by atoms with van der Waals surface area (Å²) in [6.07, 6.45) is -0.934. The Kier molecular flexibility index (Phi) is 7.43. The monoisotopic (exact) mass is 447 g/mol. The first-order valence-electron chi connectivity index (χ1n) is 10.8. The molecule has 2 N–H and O–H groups in total. The molecule has 0 bridgehead atoms. The molecule has 8 heteroatoms. The maximum Gasteiger partial charge on any atom is 0.471 e. The van der Waals surface area contributed by atoms with E-state index in [2.05, 4.69) is 10.6 Å². The molecule has 0 saturated carbocycles. The molecule has 2 aromatic carbocycles. The Bertz CT molecular complexity index is 967. The number of alkyl halides is 3. The van der Waals surface area contributed by atoms with Crippen LogP contribution in [0.15, 0.2) is 42.5 Å². The van der Waals surface area contributed by atoms with E-state index in [1.807, 2.05) is 30.0 Å². The molecular formula is C24H28F3N3O2. The molecule has 0 spiro atoms. The van der Waals surface area contributed by atoms with Gasteiger partial charge in [0.05, 0.1) is 11.4 Å². The minimum atomic E-state index is -4.98. The van der Waals surface area contributed by atoms with Gasteiger partial charge in [0, 0.05) is 31.6 Å². The van der Waals surface area contributed by atoms with Crippen LogP contribution >= 0.6 is 0 Å². The molecule has 1 aliphatic rings. The minimum Gasteiger partial charge on any atom is -0.370 e. The average Bonchev–Trinajstić information content (AvgIpc) is 3.07. The van der Waals surface area contributed by atoms with Gasteiger partial charge in [-0.1, -0.05) is 44.0 Å². The molecule has 0 radical (unpaired) electrons. The molecule has 0 aromatic heterocycles. The fourth-order valence-electron chi connectivity index (χ4n) is 4.10. The largest absolute Gasteiger partial charge is 0.471 e. The third-order valence-electron chi connectivity index (χ3n) is 5.87. The summed E-state index contributed by atoms with van der Waals surface area (Å²) in [4.78, 5) is 26.1. The van der Waals surface area contributed by atoms with Crippen molar-refractivity contribution in [3.8, 4) is 0 Å². The van der Waals surface area contributed by atoms with E-state index in [0.29, 0.717) is 16.8 Å². The standard InChI is InChI=1S/C24H28F3N3O2/c1-16(18-9-5-6-10-19(18)22(31)28-2)17-11-12-21(30-13-7-3-4-8-14-30)20(15-17)29-23(32)24(25,26)27/h5-6,9-12,15-16H,3-4,7-8,13-14H2,1-2H3,(H,28,31)(H,29,32). The van der Waals surface area contributed by atoms with Gasteiger partial charge in [0.25, 0.3) is 5.91 Å². The summed E-state index contributed by atoms with van der Waals surface area (Å²) in [5, 5.41) is 4.69. The van der Waals surface area contributed by atoms with E-state index in [4.69, 9.17) is 0 Å². The molecule has 2 aromatic rings. The minimum absolute atomic E-state index is 0.135. The molecule has 2 amide bonds. The highest BCUT2D eigenvalue weighted by molar-refractivity contribution is 5.98. The third kappa shape index (κ3) is 5.41. The second-order valence-corrected chi connectivity index (χ2v) is 8.02. The Morgan fingerprint density at radius 3 is 2.28 bits per heavy atom. The Balaban J connectivity index is 2.02. The highest BCUT2D eigenvalue weighted by atomic mass is 19.4. The number of benzene rings is 2. The SMILES string of the molecule is CNC(=O)c1ccccc1C(C)c1ccc(N2CCCCCC2)c(NC(=O)C(F)(F)F)c1. The van der Waals surface area contributed by atoms with E-state index < -0.39 is 12.1 Å². The Morgan fingerprint density at radius 1 is 1.00 bits per heavy atom. The van der Waals surface area contributed by atoms with Gasteiger partial charge >= 0.3 is 12.1 Å². The quantitative estimate of drug-likeness (QED) is 0.672. The van der Waals surface area contributed by atoms with Crippen LogP contribution in [0.4, 0.5) is 24.5 Å². The predicted octanol–water partition coefficient (Wildman–Crippen LogP) is 5.08. The van der Waals surface area contributed by atoms with Gasteiger partial charge in [0.2, 0.25) is 0 Å². The lowest BCUT2D eigenvalue weighted by atomic mass is 9.89. The lowest BCUT2D eigenvalue weighted by Crippen LogP contribution is -2.32. The van der Waals surface area contributed by atoms with Crippen molar-refractivity contribution in [2.45, 2.75) is 44.7 Å². The van der Waals surface area contributed by atoms with Crippen molar-refractivity contribution in [2.75, 3.05) is 30.4 Å². The molecule has 32 heavy (non-hydrogen) atoms. The number of rotatable bonds is 5. The van der Waals surface area contributed by atoms with E-state index >= 15 is 0 Å². The predicted molar refractivity (Wildman–Crippen MR) is 119 cm³/mol. The highest BCUT2D eigenvalue weighted by Crippen LogP contribution is 2.35. The van der Waals surface area contributed by atoms with Crippen molar-refractivity contribution in [1.29, 1.82) is 0 Å². The summed E-state index contributed by atoms with van der Waals surface area (Å²) in [6, 6.07) is 12.3. The van der Waals surface area contributed by atoms with Gasteiger partial charge in [0.15, 0.2) is 0 Å². The summed E-state index contributed by atoms with van der Waals surface area (Å²) in [7, 11) is 1.55. The van der Waals surface area contributed by atoms with E-state index in [1.54, 1.807) is 31.3 Å². The highest BCUT2D eigenvalue weighted by Gasteiger charge is 2.39. The lowest BCUT2D eigenvalue weighted by Gasteiger charge is -2.27. The van der Waals surface area contributed by atoms with Crippen molar-refractivity contribution in [3.05, 3.63) is 59.2 Å². The summed E-state index contributed by atoms with van der Waals surface area (Å²) < 4.78 is 39.0. The maximum atomic E-state index is 13.0. The van der Waals surface area contributed by atoms with Crippen LogP contribution in [0.1, 0.15) is 60.0 Å². The Labute approximate surface area is 186 Å². The van der Waals surface area contributed by atoms with Gasteiger partial charge in [-0.25, -0.2) is 0 Å². The van der Waals surface area contributed by atoms with Crippen molar-refractivity contribution >= 4 is 23.2 Å². The Hall–Kier alpha value is -3.03. The number of amides is 2. The van der Waals surface area contributed by atoms with Crippen LogP contribution in [-0.2, 0) is 4.79 Å². The third-order valence-corrected chi connectivity index (χ3v) is 5.87. The Morgan fingerprint density at radius 2 is 1.66 bits per heavy atom. The number of hydrogen-bond donors (Lipinski definition) is 2. The molecule has 0 aliphatic carbocycles. The molecule has 1 heterocycles. The van der Waals surface area contributed by atoms with Gasteiger partial charge in [0.1, 0.15) is 0 Å². The molecule has 1 fully saturated rings. The zero-order valence-corrected chi connectivity index (χ0v) is 18.3. The van der Waals surface area contributed by atoms with Gasteiger partial charge in [-0.2, -0.15) is 13.2 Å². The summed E-state index contributed by atoms with van der Waals surface area (Å²) in [6.45, 7) is 3.34. The van der Waals surface area contributed by atoms with Crippen LogP contribution in [0.5, 0.6) is 0 Å². The van der Waals surface area contributed by atoms with Crippen molar-refractivity contribution < 1.29 is 22.8 Å². The summed E-state index contributed by atoms with van der Waals surface area (Å²) in [5.41, 5.74) is 2.68. The van der Waals surface area contributed by atoms with Crippen LogP contribution in [0, 0.1) is 0 Å². The molecular weight excluding hydrogens is 419 g/mol. The van der Waals surface area contributed by atoms with Crippen LogP contribution < -0.4 is 15.5 Å². The molecule has 1 aliphatic heterocycles. The smallest absolute Gasteiger partial charge is 0.370 e. The first-order valence-corrected chi connectivity index (χ1v) is 10.8. The second-order valence-electron chi connectivity index (χ2n) is 8.02. The normalized spacial score (nSPS) is 15.6. The fourth-order valence-corrected chi connectivity index (χ4v) is 4.10. The number of anilines is 2. The molecule has 1 atom stereocenters. The fraction of sp³-hybridized carbons (Fsp3) is 0.417. The van der Waals surface area contributed by atoms with Crippen molar-refractivity contribution in [1.82, 2.24) is 5.32 Å². The van der Waals surface area contributed by atoms with Crippen molar-refractivity contribution in [2.24, 2.45) is 0 Å². The molecule has 5 nitrogen and oxygen atoms in total. The van der Waals surface area contributed by atoms with E-state index in [-0.39, 0.29) is 17.5 Å². The zero-order chi connectivity index (χ0) is 23.3. The van der Waals surface area contributed by atoms with E-state index in [9.17, 15) is 22.8 Å². The summed E-state index contributed by atoms with van der Waals surface area (Å²) in [5.74, 6) is -2.51. The second kappa shape index (κ2) is 10.1. The van der Waals surface area contributed by atoms with Crippen LogP contribution in [-0.4, -0.2) is 38.1 Å². The van der Waals surface area contributed by atoms with E-state index in [0.717, 1.165) is 44.3 Å². The number of nitrogens with zero attached hydrogens (tertiary/aromatic N) is 1. The number of hydrogen-bond acceptors (Lipinski definition) is 3. The number of nitrogens with one attached hydrogen (secondary N) is 2. The van der Waals surface area contributed by atoms with Gasteiger partial charge in [-0.15, -0.1) is 0 Å². The average molecular weight is 448 g/mol. The maximum absolute atomic E-state index is 13.0. The topological polar surface area (TPSA) is 61.4 Å². The number of carbonyl (C=O) groups is 2. The molecule has 1 unspecified atom stereocenters. The number of halogens is 3. The van der Waals surface area contributed by atoms with Crippen LogP contribution in [0.2, 0.25) is 0 Å². The zero-order valence-electron chi connectivity index (χ0n) is 18.3. The van der Waals surface area contributed by atoms with Gasteiger partial charge < -0.3 is 15.5 Å². The van der Waals surface area contributed by atoms with E-state index in [1.165, 1.54) is 0 Å². The molecule has 1 saturated heterocycles. The number of carbonyl (C=O) groups excluding carboxylic acids is 2. The van der Waals surface area contributed by atoms with Crippen molar-refractivity contribution in [3.63, 3.8) is 0 Å². The van der Waals surface area contributed by atoms with Crippen LogP contribution in [0.3, 0.4) is 0 Å². The van der Waals surface area contributed by atoms with Gasteiger partial charge in [-0.3, -0.25) is 9.59 Å². The molecule has 3 rings (SSSR count). The lowest BCUT2D eigenvalue weighted by molar-refractivity contribution is -0.167. The summed E-state index contributed by atoms with van der Waals surface area (Å²) >= 11 is 0. The van der Waals surface area contributed by atoms with Gasteiger partial charge in [-0.05, 0) is 42.2 Å². The molecule has 172 valence electrons. The van der Waals surface area contributed by atoms with Crippen LogP contribution in [0.25, 0.3) is 0 Å².